The number of sulfonamides is 1. The van der Waals surface area contributed by atoms with E-state index in [1.165, 1.54) is 41.2 Å². The third kappa shape index (κ3) is 4.34. The number of nitrogens with one attached hydrogen (secondary N) is 2. The van der Waals surface area contributed by atoms with Crippen LogP contribution in [-0.2, 0) is 16.4 Å². The number of anilines is 1. The van der Waals surface area contributed by atoms with Crippen LogP contribution in [0.2, 0.25) is 0 Å². The first-order valence-corrected chi connectivity index (χ1v) is 10.5. The molecule has 27 heavy (non-hydrogen) atoms. The number of thiazole rings is 1. The van der Waals surface area contributed by atoms with Crippen LogP contribution in [0.3, 0.4) is 0 Å². The van der Waals surface area contributed by atoms with E-state index < -0.39 is 15.9 Å². The number of nitrogens with zero attached hydrogens (tertiary/aromatic N) is 1. The van der Waals surface area contributed by atoms with Gasteiger partial charge in [0.25, 0.3) is 5.91 Å². The number of aryl methyl sites for hydroxylation is 1. The number of carbonyl (C=O) groups excluding carboxylic acids is 1. The predicted octanol–water partition coefficient (Wildman–Crippen LogP) is 3.02. The second-order valence-corrected chi connectivity index (χ2v) is 8.48. The molecule has 0 unspecified atom stereocenters. The van der Waals surface area contributed by atoms with Gasteiger partial charge in [-0.25, -0.2) is 13.4 Å². The maximum atomic E-state index is 12.5. The molecule has 0 aliphatic carbocycles. The fourth-order valence-corrected chi connectivity index (χ4v) is 4.34. The highest BCUT2D eigenvalue weighted by atomic mass is 32.2. The van der Waals surface area contributed by atoms with Gasteiger partial charge < -0.3 is 0 Å². The van der Waals surface area contributed by atoms with E-state index in [-0.39, 0.29) is 17.0 Å². The first-order chi connectivity index (χ1) is 12.9. The molecule has 0 radical (unpaired) electrons. The van der Waals surface area contributed by atoms with Gasteiger partial charge in [-0.2, -0.15) is 4.72 Å². The number of carbonyl (C=O) groups is 1. The molecule has 0 saturated carbocycles. The van der Waals surface area contributed by atoms with E-state index in [2.05, 4.69) is 27.9 Å². The number of terminal acetylenes is 1. The third-order valence-corrected chi connectivity index (χ3v) is 6.18. The smallest absolute Gasteiger partial charge is 0.257 e. The largest absolute Gasteiger partial charge is 0.298 e. The van der Waals surface area contributed by atoms with Crippen molar-refractivity contribution in [3.8, 4) is 12.3 Å². The van der Waals surface area contributed by atoms with E-state index in [0.29, 0.717) is 5.13 Å². The summed E-state index contributed by atoms with van der Waals surface area (Å²) in [6.45, 7) is 1.95. The molecular formula is C19H17N3O3S2. The van der Waals surface area contributed by atoms with Crippen LogP contribution in [0.15, 0.2) is 47.4 Å². The zero-order valence-corrected chi connectivity index (χ0v) is 16.2. The molecule has 0 spiro atoms. The van der Waals surface area contributed by atoms with Gasteiger partial charge in [-0.15, -0.1) is 6.42 Å². The summed E-state index contributed by atoms with van der Waals surface area (Å²) in [4.78, 5) is 16.9. The molecule has 1 heterocycles. The van der Waals surface area contributed by atoms with Gasteiger partial charge in [0.15, 0.2) is 5.13 Å². The van der Waals surface area contributed by atoms with Crippen molar-refractivity contribution >= 4 is 42.6 Å². The Balaban J connectivity index is 1.82. The van der Waals surface area contributed by atoms with Crippen LogP contribution in [-0.4, -0.2) is 25.9 Å². The average molecular weight is 399 g/mol. The summed E-state index contributed by atoms with van der Waals surface area (Å²) < 4.78 is 27.6. The number of benzene rings is 2. The van der Waals surface area contributed by atoms with Crippen molar-refractivity contribution in [1.82, 2.24) is 9.71 Å². The van der Waals surface area contributed by atoms with Crippen molar-refractivity contribution in [1.29, 1.82) is 0 Å². The molecule has 2 aromatic carbocycles. The summed E-state index contributed by atoms with van der Waals surface area (Å²) in [6, 6.07) is 11.7. The molecule has 0 fully saturated rings. The number of hydrogen-bond acceptors (Lipinski definition) is 5. The van der Waals surface area contributed by atoms with Gasteiger partial charge in [0, 0.05) is 5.56 Å². The Labute approximate surface area is 161 Å². The molecule has 0 atom stereocenters. The summed E-state index contributed by atoms with van der Waals surface area (Å²) in [6.07, 6.45) is 6.00. The molecule has 0 bridgehead atoms. The van der Waals surface area contributed by atoms with Gasteiger partial charge in [0.05, 0.1) is 21.7 Å². The van der Waals surface area contributed by atoms with Gasteiger partial charge in [-0.1, -0.05) is 36.3 Å². The summed E-state index contributed by atoms with van der Waals surface area (Å²) >= 11 is 1.37. The van der Waals surface area contributed by atoms with Crippen LogP contribution in [0, 0.1) is 12.3 Å². The minimum Gasteiger partial charge on any atom is -0.298 e. The minimum atomic E-state index is -3.77. The molecule has 138 valence electrons. The third-order valence-electron chi connectivity index (χ3n) is 3.85. The van der Waals surface area contributed by atoms with Crippen LogP contribution < -0.4 is 10.0 Å². The van der Waals surface area contributed by atoms with Crippen LogP contribution in [0.25, 0.3) is 10.2 Å². The zero-order chi connectivity index (χ0) is 19.4. The second kappa shape index (κ2) is 7.88. The first-order valence-electron chi connectivity index (χ1n) is 8.17. The van der Waals surface area contributed by atoms with Crippen molar-refractivity contribution in [3.63, 3.8) is 0 Å². The molecule has 2 N–H and O–H groups in total. The van der Waals surface area contributed by atoms with Gasteiger partial charge >= 0.3 is 0 Å². The normalized spacial score (nSPS) is 11.3. The topological polar surface area (TPSA) is 88.2 Å². The Morgan fingerprint density at radius 3 is 2.81 bits per heavy atom. The zero-order valence-electron chi connectivity index (χ0n) is 14.5. The van der Waals surface area contributed by atoms with E-state index in [1.54, 1.807) is 0 Å². The van der Waals surface area contributed by atoms with E-state index in [1.807, 2.05) is 18.2 Å². The Kier molecular flexibility index (Phi) is 5.56. The lowest BCUT2D eigenvalue weighted by atomic mass is 10.2. The second-order valence-electron chi connectivity index (χ2n) is 5.69. The molecular weight excluding hydrogens is 382 g/mol. The van der Waals surface area contributed by atoms with Crippen molar-refractivity contribution in [2.75, 3.05) is 11.9 Å². The molecule has 0 aliphatic heterocycles. The molecule has 3 rings (SSSR count). The van der Waals surface area contributed by atoms with E-state index >= 15 is 0 Å². The molecule has 3 aromatic rings. The number of rotatable bonds is 6. The summed E-state index contributed by atoms with van der Waals surface area (Å²) in [5.41, 5.74) is 2.22. The lowest BCUT2D eigenvalue weighted by molar-refractivity contribution is 0.102. The SMILES string of the molecule is C#CCNS(=O)(=O)c1cccc(C(=O)Nc2nc3ccc(CC)cc3s2)c1. The maximum Gasteiger partial charge on any atom is 0.257 e. The average Bonchev–Trinajstić information content (AvgIpc) is 3.07. The number of hydrogen-bond donors (Lipinski definition) is 2. The predicted molar refractivity (Wildman–Crippen MR) is 107 cm³/mol. The van der Waals surface area contributed by atoms with Gasteiger partial charge in [0.2, 0.25) is 10.0 Å². The molecule has 1 amide bonds. The van der Waals surface area contributed by atoms with Crippen LogP contribution in [0.1, 0.15) is 22.8 Å². The number of aromatic nitrogens is 1. The van der Waals surface area contributed by atoms with Crippen LogP contribution >= 0.6 is 11.3 Å². The fourth-order valence-electron chi connectivity index (χ4n) is 2.44. The van der Waals surface area contributed by atoms with Gasteiger partial charge in [-0.3, -0.25) is 10.1 Å². The highest BCUT2D eigenvalue weighted by molar-refractivity contribution is 7.89. The van der Waals surface area contributed by atoms with Gasteiger partial charge in [0.1, 0.15) is 0 Å². The quantitative estimate of drug-likeness (QED) is 0.624. The number of amides is 1. The lowest BCUT2D eigenvalue weighted by Crippen LogP contribution is -2.24. The lowest BCUT2D eigenvalue weighted by Gasteiger charge is -2.06. The minimum absolute atomic E-state index is 0.0257. The van der Waals surface area contributed by atoms with E-state index in [0.717, 1.165) is 16.6 Å². The first kappa shape index (κ1) is 19.0. The maximum absolute atomic E-state index is 12.5. The summed E-state index contributed by atoms with van der Waals surface area (Å²) in [5.74, 6) is 1.78. The van der Waals surface area contributed by atoms with Crippen molar-refractivity contribution in [2.45, 2.75) is 18.2 Å². The standard InChI is InChI=1S/C19H17N3O3S2/c1-3-10-20-27(24,25)15-7-5-6-14(12-15)18(23)22-19-21-16-9-8-13(4-2)11-17(16)26-19/h1,5-9,11-12,20H,4,10H2,2H3,(H,21,22,23). The van der Waals surface area contributed by atoms with E-state index in [9.17, 15) is 13.2 Å². The fraction of sp³-hybridized carbons (Fsp3) is 0.158. The molecule has 0 saturated heterocycles. The molecule has 8 heteroatoms. The monoisotopic (exact) mass is 399 g/mol. The molecule has 6 nitrogen and oxygen atoms in total. The Bertz CT molecular complexity index is 1140. The Morgan fingerprint density at radius 2 is 2.07 bits per heavy atom. The highest BCUT2D eigenvalue weighted by Crippen LogP contribution is 2.27. The van der Waals surface area contributed by atoms with Crippen LogP contribution in [0.5, 0.6) is 0 Å². The van der Waals surface area contributed by atoms with Crippen molar-refractivity contribution < 1.29 is 13.2 Å². The van der Waals surface area contributed by atoms with Crippen molar-refractivity contribution in [2.24, 2.45) is 0 Å². The van der Waals surface area contributed by atoms with Crippen LogP contribution in [0.4, 0.5) is 5.13 Å². The van der Waals surface area contributed by atoms with Gasteiger partial charge in [-0.05, 0) is 42.3 Å². The highest BCUT2D eigenvalue weighted by Gasteiger charge is 2.16. The Hall–Kier alpha value is -2.73. The summed E-state index contributed by atoms with van der Waals surface area (Å²) in [7, 11) is -3.77. The van der Waals surface area contributed by atoms with E-state index in [4.69, 9.17) is 6.42 Å². The number of fused-ring (bicyclic) bond motifs is 1. The molecule has 0 aliphatic rings. The summed E-state index contributed by atoms with van der Waals surface area (Å²) in [5, 5.41) is 3.19. The Morgan fingerprint density at radius 1 is 1.26 bits per heavy atom. The molecule has 1 aromatic heterocycles. The van der Waals surface area contributed by atoms with Crippen molar-refractivity contribution in [3.05, 3.63) is 53.6 Å².